The lowest BCUT2D eigenvalue weighted by molar-refractivity contribution is -0.145. The summed E-state index contributed by atoms with van der Waals surface area (Å²) in [7, 11) is 0. The summed E-state index contributed by atoms with van der Waals surface area (Å²) in [4.78, 5) is 15.6. The van der Waals surface area contributed by atoms with Crippen LogP contribution in [0.25, 0.3) is 0 Å². The standard InChI is InChI=1S/C24H26N4O3/c1-17-15-20(11-13-27-16-18(12-14-29)25-26-27)31-24(17)21-9-5-6-10-22(21)28(23(24)30)19-7-3-2-4-8-19/h2-10,16-17,20,29H,11-15H2,1H3/t17-,20+,24+/m1/s1. The van der Waals surface area contributed by atoms with E-state index in [2.05, 4.69) is 17.2 Å². The van der Waals surface area contributed by atoms with Gasteiger partial charge in [0.25, 0.3) is 5.91 Å². The number of carbonyl (C=O) groups excluding carboxylic acids is 1. The van der Waals surface area contributed by atoms with Crippen LogP contribution >= 0.6 is 0 Å². The van der Waals surface area contributed by atoms with Crippen molar-refractivity contribution in [2.45, 2.75) is 44.4 Å². The van der Waals surface area contributed by atoms with Gasteiger partial charge in [0.05, 0.1) is 17.5 Å². The highest BCUT2D eigenvalue weighted by Gasteiger charge is 2.60. The van der Waals surface area contributed by atoms with E-state index in [1.165, 1.54) is 0 Å². The molecule has 0 saturated carbocycles. The van der Waals surface area contributed by atoms with E-state index in [1.54, 1.807) is 9.58 Å². The van der Waals surface area contributed by atoms with Gasteiger partial charge in [-0.2, -0.15) is 0 Å². The summed E-state index contributed by atoms with van der Waals surface area (Å²) >= 11 is 0. The van der Waals surface area contributed by atoms with Crippen LogP contribution in [0, 0.1) is 5.92 Å². The van der Waals surface area contributed by atoms with Crippen molar-refractivity contribution in [3.63, 3.8) is 0 Å². The topological polar surface area (TPSA) is 80.5 Å². The molecule has 160 valence electrons. The summed E-state index contributed by atoms with van der Waals surface area (Å²) in [5.74, 6) is 0.0430. The van der Waals surface area contributed by atoms with Crippen molar-refractivity contribution in [1.29, 1.82) is 0 Å². The maximum atomic E-state index is 13.8. The van der Waals surface area contributed by atoms with Crippen LogP contribution < -0.4 is 4.90 Å². The highest BCUT2D eigenvalue weighted by atomic mass is 16.5. The van der Waals surface area contributed by atoms with Gasteiger partial charge in [-0.15, -0.1) is 5.10 Å². The minimum Gasteiger partial charge on any atom is -0.396 e. The van der Waals surface area contributed by atoms with Crippen LogP contribution in [0.3, 0.4) is 0 Å². The highest BCUT2D eigenvalue weighted by molar-refractivity contribution is 6.12. The smallest absolute Gasteiger partial charge is 0.268 e. The Labute approximate surface area is 181 Å². The molecule has 1 amide bonds. The van der Waals surface area contributed by atoms with E-state index in [0.717, 1.165) is 35.5 Å². The third kappa shape index (κ3) is 3.25. The van der Waals surface area contributed by atoms with Gasteiger partial charge in [-0.1, -0.05) is 48.5 Å². The number of hydrogen-bond donors (Lipinski definition) is 1. The number of aliphatic hydroxyl groups excluding tert-OH is 1. The fourth-order valence-electron chi connectivity index (χ4n) is 4.91. The first-order valence-corrected chi connectivity index (χ1v) is 10.8. The largest absolute Gasteiger partial charge is 0.396 e. The zero-order valence-corrected chi connectivity index (χ0v) is 17.5. The van der Waals surface area contributed by atoms with Crippen LogP contribution in [-0.4, -0.2) is 38.7 Å². The first-order chi connectivity index (χ1) is 15.1. The number of carbonyl (C=O) groups is 1. The summed E-state index contributed by atoms with van der Waals surface area (Å²) < 4.78 is 8.38. The maximum Gasteiger partial charge on any atom is 0.268 e. The number of benzene rings is 2. The molecular formula is C24H26N4O3. The average Bonchev–Trinajstić information content (AvgIpc) is 3.44. The molecule has 2 aromatic carbocycles. The minimum atomic E-state index is -0.957. The second-order valence-electron chi connectivity index (χ2n) is 8.34. The first kappa shape index (κ1) is 19.9. The predicted octanol–water partition coefficient (Wildman–Crippen LogP) is 3.20. The molecule has 0 aliphatic carbocycles. The molecule has 1 spiro atoms. The number of rotatable bonds is 6. The van der Waals surface area contributed by atoms with Crippen LogP contribution in [0.2, 0.25) is 0 Å². The molecule has 0 bridgehead atoms. The van der Waals surface area contributed by atoms with Crippen molar-refractivity contribution >= 4 is 17.3 Å². The molecule has 2 aliphatic rings. The van der Waals surface area contributed by atoms with Crippen LogP contribution in [0.15, 0.2) is 60.8 Å². The fraction of sp³-hybridized carbons (Fsp3) is 0.375. The van der Waals surface area contributed by atoms with Crippen molar-refractivity contribution in [1.82, 2.24) is 15.0 Å². The Kier molecular flexibility index (Phi) is 5.08. The van der Waals surface area contributed by atoms with E-state index < -0.39 is 5.60 Å². The van der Waals surface area contributed by atoms with E-state index in [-0.39, 0.29) is 24.5 Å². The lowest BCUT2D eigenvalue weighted by atomic mass is 9.83. The summed E-state index contributed by atoms with van der Waals surface area (Å²) in [6, 6.07) is 17.7. The zero-order valence-electron chi connectivity index (χ0n) is 17.5. The number of nitrogens with zero attached hydrogens (tertiary/aromatic N) is 4. The molecule has 1 N–H and O–H groups in total. The van der Waals surface area contributed by atoms with Gasteiger partial charge in [-0.3, -0.25) is 14.4 Å². The summed E-state index contributed by atoms with van der Waals surface area (Å²) in [5.41, 5.74) is 2.52. The number of amides is 1. The molecule has 2 aliphatic heterocycles. The summed E-state index contributed by atoms with van der Waals surface area (Å²) in [6.07, 6.45) is 3.86. The molecule has 3 atom stereocenters. The molecule has 7 nitrogen and oxygen atoms in total. The molecule has 1 aromatic heterocycles. The Morgan fingerprint density at radius 3 is 2.74 bits per heavy atom. The normalized spacial score (nSPS) is 24.8. The van der Waals surface area contributed by atoms with Gasteiger partial charge < -0.3 is 9.84 Å². The molecule has 1 fully saturated rings. The molecule has 3 aromatic rings. The second-order valence-corrected chi connectivity index (χ2v) is 8.34. The molecule has 31 heavy (non-hydrogen) atoms. The van der Waals surface area contributed by atoms with Gasteiger partial charge in [-0.25, -0.2) is 0 Å². The van der Waals surface area contributed by atoms with Gasteiger partial charge in [0.1, 0.15) is 0 Å². The Bertz CT molecular complexity index is 1080. The average molecular weight is 418 g/mol. The number of fused-ring (bicyclic) bond motifs is 2. The monoisotopic (exact) mass is 418 g/mol. The number of anilines is 2. The molecule has 5 rings (SSSR count). The van der Waals surface area contributed by atoms with Crippen molar-refractivity contribution in [2.75, 3.05) is 11.5 Å². The number of hydrogen-bond acceptors (Lipinski definition) is 5. The van der Waals surface area contributed by atoms with Gasteiger partial charge in [-0.05, 0) is 31.0 Å². The summed E-state index contributed by atoms with van der Waals surface area (Å²) in [6.45, 7) is 2.83. The Morgan fingerprint density at radius 2 is 1.94 bits per heavy atom. The van der Waals surface area contributed by atoms with E-state index >= 15 is 0 Å². The van der Waals surface area contributed by atoms with Gasteiger partial charge in [0.15, 0.2) is 5.60 Å². The van der Waals surface area contributed by atoms with Crippen LogP contribution in [0.4, 0.5) is 11.4 Å². The number of aromatic nitrogens is 3. The summed E-state index contributed by atoms with van der Waals surface area (Å²) in [5, 5.41) is 17.3. The molecule has 0 radical (unpaired) electrons. The zero-order chi connectivity index (χ0) is 21.4. The SMILES string of the molecule is C[C@@H]1C[C@H](CCn2cc(CCO)nn2)O[C@@]12C(=O)N(c1ccccc1)c1ccccc12. The van der Waals surface area contributed by atoms with E-state index in [4.69, 9.17) is 9.84 Å². The quantitative estimate of drug-likeness (QED) is 0.665. The molecule has 7 heteroatoms. The number of aryl methyl sites for hydroxylation is 1. The van der Waals surface area contributed by atoms with E-state index in [9.17, 15) is 4.79 Å². The van der Waals surface area contributed by atoms with Crippen molar-refractivity contribution in [2.24, 2.45) is 5.92 Å². The number of aliphatic hydroxyl groups is 1. The van der Waals surface area contributed by atoms with Crippen LogP contribution in [0.1, 0.15) is 31.0 Å². The van der Waals surface area contributed by atoms with E-state index in [1.807, 2.05) is 60.8 Å². The van der Waals surface area contributed by atoms with Crippen molar-refractivity contribution in [3.05, 3.63) is 72.1 Å². The Hall–Kier alpha value is -3.03. The molecule has 3 heterocycles. The molecular weight excluding hydrogens is 392 g/mol. The maximum absolute atomic E-state index is 13.8. The lowest BCUT2D eigenvalue weighted by Gasteiger charge is -2.28. The van der Waals surface area contributed by atoms with Gasteiger partial charge in [0.2, 0.25) is 0 Å². The van der Waals surface area contributed by atoms with Gasteiger partial charge in [0, 0.05) is 42.9 Å². The lowest BCUT2D eigenvalue weighted by Crippen LogP contribution is -2.42. The first-order valence-electron chi connectivity index (χ1n) is 10.8. The third-order valence-electron chi connectivity index (χ3n) is 6.38. The van der Waals surface area contributed by atoms with Crippen molar-refractivity contribution < 1.29 is 14.6 Å². The third-order valence-corrected chi connectivity index (χ3v) is 6.38. The highest BCUT2D eigenvalue weighted by Crippen LogP contribution is 2.55. The fourth-order valence-corrected chi connectivity index (χ4v) is 4.91. The molecule has 1 saturated heterocycles. The number of ether oxygens (including phenoxy) is 1. The predicted molar refractivity (Wildman–Crippen MR) is 116 cm³/mol. The van der Waals surface area contributed by atoms with Crippen LogP contribution in [-0.2, 0) is 28.1 Å². The second kappa shape index (κ2) is 7.90. The Morgan fingerprint density at radius 1 is 1.16 bits per heavy atom. The van der Waals surface area contributed by atoms with Crippen molar-refractivity contribution in [3.8, 4) is 0 Å². The van der Waals surface area contributed by atoms with E-state index in [0.29, 0.717) is 13.0 Å². The van der Waals surface area contributed by atoms with Crippen LogP contribution in [0.5, 0.6) is 0 Å². The minimum absolute atomic E-state index is 0.0131. The number of para-hydroxylation sites is 2. The molecule has 0 unspecified atom stereocenters. The Balaban J connectivity index is 1.40. The van der Waals surface area contributed by atoms with Gasteiger partial charge >= 0.3 is 0 Å².